The first kappa shape index (κ1) is 16.2. The maximum absolute atomic E-state index is 5.75. The Balaban J connectivity index is 2.69. The van der Waals surface area contributed by atoms with E-state index in [1.807, 2.05) is 12.1 Å². The van der Waals surface area contributed by atoms with Crippen LogP contribution in [-0.2, 0) is 5.88 Å². The molecule has 0 aliphatic rings. The number of halogens is 1. The standard InChI is InChI=1S/C15H26ClN3/c1-12(2)7-9-19(10-8-13(3)4)15-6-5-14(11-16)17-18-15/h5-6,12-13H,7-11H2,1-4H3. The second-order valence-electron chi connectivity index (χ2n) is 5.87. The Bertz CT molecular complexity index is 337. The Morgan fingerprint density at radius 2 is 1.58 bits per heavy atom. The molecule has 0 N–H and O–H groups in total. The molecule has 1 heterocycles. The summed E-state index contributed by atoms with van der Waals surface area (Å²) in [6.45, 7) is 11.1. The maximum Gasteiger partial charge on any atom is 0.151 e. The zero-order valence-corrected chi connectivity index (χ0v) is 13.3. The van der Waals surface area contributed by atoms with Crippen LogP contribution in [0.1, 0.15) is 46.2 Å². The van der Waals surface area contributed by atoms with Crippen LogP contribution < -0.4 is 4.90 Å². The zero-order chi connectivity index (χ0) is 14.3. The monoisotopic (exact) mass is 283 g/mol. The van der Waals surface area contributed by atoms with Gasteiger partial charge < -0.3 is 4.90 Å². The van der Waals surface area contributed by atoms with Crippen LogP contribution in [-0.4, -0.2) is 23.3 Å². The molecule has 1 aromatic heterocycles. The number of alkyl halides is 1. The summed E-state index contributed by atoms with van der Waals surface area (Å²) in [5, 5.41) is 8.45. The van der Waals surface area contributed by atoms with Crippen molar-refractivity contribution in [3.05, 3.63) is 17.8 Å². The van der Waals surface area contributed by atoms with Gasteiger partial charge in [-0.3, -0.25) is 0 Å². The molecule has 0 spiro atoms. The van der Waals surface area contributed by atoms with Crippen LogP contribution in [0.15, 0.2) is 12.1 Å². The lowest BCUT2D eigenvalue weighted by Crippen LogP contribution is -2.28. The van der Waals surface area contributed by atoms with Crippen LogP contribution in [0.3, 0.4) is 0 Å². The Morgan fingerprint density at radius 1 is 1.00 bits per heavy atom. The van der Waals surface area contributed by atoms with Crippen LogP contribution in [0.4, 0.5) is 5.82 Å². The first-order chi connectivity index (χ1) is 9.02. The van der Waals surface area contributed by atoms with E-state index >= 15 is 0 Å². The first-order valence-electron chi connectivity index (χ1n) is 7.16. The lowest BCUT2D eigenvalue weighted by Gasteiger charge is -2.25. The number of hydrogen-bond donors (Lipinski definition) is 0. The lowest BCUT2D eigenvalue weighted by molar-refractivity contribution is 0.531. The molecule has 0 saturated carbocycles. The van der Waals surface area contributed by atoms with E-state index in [2.05, 4.69) is 42.8 Å². The predicted molar refractivity (Wildman–Crippen MR) is 82.7 cm³/mol. The molecule has 4 heteroatoms. The highest BCUT2D eigenvalue weighted by Gasteiger charge is 2.10. The fraction of sp³-hybridized carbons (Fsp3) is 0.733. The van der Waals surface area contributed by atoms with Gasteiger partial charge in [0.2, 0.25) is 0 Å². The third kappa shape index (κ3) is 6.24. The lowest BCUT2D eigenvalue weighted by atomic mass is 10.1. The quantitative estimate of drug-likeness (QED) is 0.672. The van der Waals surface area contributed by atoms with Gasteiger partial charge in [0.05, 0.1) is 11.6 Å². The molecule has 0 saturated heterocycles. The molecule has 0 radical (unpaired) electrons. The number of aromatic nitrogens is 2. The molecule has 0 aliphatic heterocycles. The molecule has 3 nitrogen and oxygen atoms in total. The highest BCUT2D eigenvalue weighted by Crippen LogP contribution is 2.15. The summed E-state index contributed by atoms with van der Waals surface area (Å²) in [4.78, 5) is 2.34. The van der Waals surface area contributed by atoms with E-state index < -0.39 is 0 Å². The van der Waals surface area contributed by atoms with Crippen molar-refractivity contribution < 1.29 is 0 Å². The van der Waals surface area contributed by atoms with Gasteiger partial charge in [-0.15, -0.1) is 16.7 Å². The fourth-order valence-corrected chi connectivity index (χ4v) is 1.90. The van der Waals surface area contributed by atoms with Crippen LogP contribution in [0.5, 0.6) is 0 Å². The zero-order valence-electron chi connectivity index (χ0n) is 12.6. The number of anilines is 1. The van der Waals surface area contributed by atoms with Crippen molar-refractivity contribution in [1.82, 2.24) is 10.2 Å². The molecular weight excluding hydrogens is 258 g/mol. The highest BCUT2D eigenvalue weighted by molar-refractivity contribution is 6.16. The van der Waals surface area contributed by atoms with Crippen LogP contribution in [0.2, 0.25) is 0 Å². The topological polar surface area (TPSA) is 29.0 Å². The van der Waals surface area contributed by atoms with Gasteiger partial charge in [0.1, 0.15) is 0 Å². The van der Waals surface area contributed by atoms with E-state index in [1.165, 1.54) is 12.8 Å². The van der Waals surface area contributed by atoms with Gasteiger partial charge in [0.15, 0.2) is 5.82 Å². The number of rotatable bonds is 8. The summed E-state index contributed by atoms with van der Waals surface area (Å²) in [5.41, 5.74) is 0.832. The molecular formula is C15H26ClN3. The summed E-state index contributed by atoms with van der Waals surface area (Å²) in [6, 6.07) is 4.00. The van der Waals surface area contributed by atoms with Crippen molar-refractivity contribution in [1.29, 1.82) is 0 Å². The summed E-state index contributed by atoms with van der Waals surface area (Å²) in [7, 11) is 0. The summed E-state index contributed by atoms with van der Waals surface area (Å²) in [6.07, 6.45) is 2.36. The van der Waals surface area contributed by atoms with E-state index in [4.69, 9.17) is 11.6 Å². The second-order valence-corrected chi connectivity index (χ2v) is 6.14. The Morgan fingerprint density at radius 3 is 1.95 bits per heavy atom. The molecule has 0 atom stereocenters. The van der Waals surface area contributed by atoms with Crippen molar-refractivity contribution in [2.24, 2.45) is 11.8 Å². The van der Waals surface area contributed by atoms with Crippen molar-refractivity contribution in [3.63, 3.8) is 0 Å². The van der Waals surface area contributed by atoms with Gasteiger partial charge in [-0.05, 0) is 36.8 Å². The average molecular weight is 284 g/mol. The maximum atomic E-state index is 5.75. The summed E-state index contributed by atoms with van der Waals surface area (Å²) in [5.74, 6) is 2.80. The number of hydrogen-bond acceptors (Lipinski definition) is 3. The molecule has 0 aliphatic carbocycles. The summed E-state index contributed by atoms with van der Waals surface area (Å²) >= 11 is 5.75. The van der Waals surface area contributed by atoms with Gasteiger partial charge in [0.25, 0.3) is 0 Å². The van der Waals surface area contributed by atoms with E-state index in [-0.39, 0.29) is 0 Å². The third-order valence-electron chi connectivity index (χ3n) is 3.12. The highest BCUT2D eigenvalue weighted by atomic mass is 35.5. The van der Waals surface area contributed by atoms with Crippen LogP contribution >= 0.6 is 11.6 Å². The average Bonchev–Trinajstić information content (AvgIpc) is 2.38. The number of nitrogens with zero attached hydrogens (tertiary/aromatic N) is 3. The predicted octanol–water partition coefficient (Wildman–Crippen LogP) is 4.11. The molecule has 0 fully saturated rings. The molecule has 0 bridgehead atoms. The van der Waals surface area contributed by atoms with E-state index in [1.54, 1.807) is 0 Å². The van der Waals surface area contributed by atoms with Crippen molar-refractivity contribution >= 4 is 17.4 Å². The van der Waals surface area contributed by atoms with Gasteiger partial charge in [-0.2, -0.15) is 5.10 Å². The molecule has 0 unspecified atom stereocenters. The van der Waals surface area contributed by atoms with E-state index in [9.17, 15) is 0 Å². The smallest absolute Gasteiger partial charge is 0.151 e. The van der Waals surface area contributed by atoms with Gasteiger partial charge in [-0.25, -0.2) is 0 Å². The van der Waals surface area contributed by atoms with Crippen molar-refractivity contribution in [2.75, 3.05) is 18.0 Å². The molecule has 108 valence electrons. The summed E-state index contributed by atoms with van der Waals surface area (Å²) < 4.78 is 0. The minimum absolute atomic E-state index is 0.422. The molecule has 1 aromatic rings. The molecule has 0 aromatic carbocycles. The van der Waals surface area contributed by atoms with E-state index in [0.717, 1.165) is 24.6 Å². The van der Waals surface area contributed by atoms with Crippen LogP contribution in [0.25, 0.3) is 0 Å². The fourth-order valence-electron chi connectivity index (χ4n) is 1.76. The second kappa shape index (κ2) is 8.36. The largest absolute Gasteiger partial charge is 0.355 e. The SMILES string of the molecule is CC(C)CCN(CCC(C)C)c1ccc(CCl)nn1. The van der Waals surface area contributed by atoms with Gasteiger partial charge >= 0.3 is 0 Å². The Hall–Kier alpha value is -0.830. The van der Waals surface area contributed by atoms with Gasteiger partial charge in [-0.1, -0.05) is 27.7 Å². The van der Waals surface area contributed by atoms with Crippen molar-refractivity contribution in [2.45, 2.75) is 46.4 Å². The first-order valence-corrected chi connectivity index (χ1v) is 7.70. The third-order valence-corrected chi connectivity index (χ3v) is 3.39. The Labute approximate surface area is 122 Å². The molecule has 19 heavy (non-hydrogen) atoms. The minimum Gasteiger partial charge on any atom is -0.355 e. The minimum atomic E-state index is 0.422. The van der Waals surface area contributed by atoms with Crippen molar-refractivity contribution in [3.8, 4) is 0 Å². The Kier molecular flexibility index (Phi) is 7.14. The van der Waals surface area contributed by atoms with Gasteiger partial charge in [0, 0.05) is 13.1 Å². The van der Waals surface area contributed by atoms with Crippen LogP contribution in [0, 0.1) is 11.8 Å². The molecule has 0 amide bonds. The van der Waals surface area contributed by atoms with E-state index in [0.29, 0.717) is 17.7 Å². The molecule has 1 rings (SSSR count). The normalized spacial score (nSPS) is 11.3.